The molecule has 0 saturated carbocycles. The van der Waals surface area contributed by atoms with Gasteiger partial charge in [0, 0.05) is 19.1 Å². The molecule has 0 unspecified atom stereocenters. The molecular formula is C15H17N3O3. The summed E-state index contributed by atoms with van der Waals surface area (Å²) in [5.74, 6) is 1.06. The highest BCUT2D eigenvalue weighted by Gasteiger charge is 2.11. The molecule has 0 saturated heterocycles. The number of methoxy groups -OCH3 is 1. The average Bonchev–Trinajstić information content (AvgIpc) is 2.95. The van der Waals surface area contributed by atoms with Gasteiger partial charge in [0.05, 0.1) is 31.5 Å². The number of hydrogen-bond acceptors (Lipinski definition) is 6. The van der Waals surface area contributed by atoms with Crippen molar-refractivity contribution in [2.75, 3.05) is 26.9 Å². The first-order valence-corrected chi connectivity index (χ1v) is 6.65. The summed E-state index contributed by atoms with van der Waals surface area (Å²) in [6.07, 6.45) is 0.586. The summed E-state index contributed by atoms with van der Waals surface area (Å²) in [7, 11) is 1.63. The SMILES string of the molecule is COCCOCCc1noc(-c2ccc(C#N)cc2C)n1. The molecule has 0 aliphatic rings. The Morgan fingerprint density at radius 1 is 1.29 bits per heavy atom. The van der Waals surface area contributed by atoms with Crippen LogP contribution in [0.15, 0.2) is 22.7 Å². The third-order valence-corrected chi connectivity index (χ3v) is 2.96. The van der Waals surface area contributed by atoms with E-state index in [2.05, 4.69) is 16.2 Å². The van der Waals surface area contributed by atoms with Gasteiger partial charge in [-0.3, -0.25) is 0 Å². The van der Waals surface area contributed by atoms with Crippen molar-refractivity contribution in [2.45, 2.75) is 13.3 Å². The maximum atomic E-state index is 8.86. The van der Waals surface area contributed by atoms with Gasteiger partial charge in [0.2, 0.25) is 0 Å². The fraction of sp³-hybridized carbons (Fsp3) is 0.400. The zero-order valence-electron chi connectivity index (χ0n) is 12.1. The molecule has 0 amide bonds. The fourth-order valence-electron chi connectivity index (χ4n) is 1.85. The molecular weight excluding hydrogens is 270 g/mol. The third kappa shape index (κ3) is 4.12. The molecule has 0 fully saturated rings. The van der Waals surface area contributed by atoms with Gasteiger partial charge in [-0.15, -0.1) is 0 Å². The molecule has 0 aliphatic heterocycles. The van der Waals surface area contributed by atoms with E-state index in [1.54, 1.807) is 19.2 Å². The van der Waals surface area contributed by atoms with E-state index >= 15 is 0 Å². The Morgan fingerprint density at radius 2 is 2.14 bits per heavy atom. The van der Waals surface area contributed by atoms with Crippen LogP contribution in [0.25, 0.3) is 11.5 Å². The number of rotatable bonds is 7. The van der Waals surface area contributed by atoms with E-state index in [1.165, 1.54) is 0 Å². The van der Waals surface area contributed by atoms with Crippen LogP contribution >= 0.6 is 0 Å². The lowest BCUT2D eigenvalue weighted by atomic mass is 10.1. The predicted octanol–water partition coefficient (Wildman–Crippen LogP) is 2.12. The summed E-state index contributed by atoms with van der Waals surface area (Å²) in [6, 6.07) is 7.46. The highest BCUT2D eigenvalue weighted by molar-refractivity contribution is 5.60. The lowest BCUT2D eigenvalue weighted by Gasteiger charge is -2.00. The van der Waals surface area contributed by atoms with Gasteiger partial charge in [-0.05, 0) is 30.7 Å². The van der Waals surface area contributed by atoms with Crippen LogP contribution in [0.2, 0.25) is 0 Å². The van der Waals surface area contributed by atoms with Crippen LogP contribution in [0.5, 0.6) is 0 Å². The van der Waals surface area contributed by atoms with Crippen molar-refractivity contribution in [3.8, 4) is 17.5 Å². The number of nitriles is 1. The number of hydrogen-bond donors (Lipinski definition) is 0. The van der Waals surface area contributed by atoms with E-state index in [0.29, 0.717) is 43.5 Å². The molecule has 2 rings (SSSR count). The maximum absolute atomic E-state index is 8.86. The van der Waals surface area contributed by atoms with Crippen molar-refractivity contribution in [1.29, 1.82) is 5.26 Å². The molecule has 0 radical (unpaired) electrons. The minimum atomic E-state index is 0.462. The van der Waals surface area contributed by atoms with Crippen LogP contribution < -0.4 is 0 Å². The Hall–Kier alpha value is -2.23. The molecule has 21 heavy (non-hydrogen) atoms. The van der Waals surface area contributed by atoms with Gasteiger partial charge in [-0.1, -0.05) is 5.16 Å². The molecule has 1 aromatic heterocycles. The summed E-state index contributed by atoms with van der Waals surface area (Å²) in [4.78, 5) is 4.34. The summed E-state index contributed by atoms with van der Waals surface area (Å²) >= 11 is 0. The number of nitrogens with zero attached hydrogens (tertiary/aromatic N) is 3. The average molecular weight is 287 g/mol. The van der Waals surface area contributed by atoms with Crippen molar-refractivity contribution in [3.05, 3.63) is 35.2 Å². The monoisotopic (exact) mass is 287 g/mol. The number of aromatic nitrogens is 2. The lowest BCUT2D eigenvalue weighted by Crippen LogP contribution is -2.05. The van der Waals surface area contributed by atoms with E-state index in [9.17, 15) is 0 Å². The fourth-order valence-corrected chi connectivity index (χ4v) is 1.85. The maximum Gasteiger partial charge on any atom is 0.258 e. The van der Waals surface area contributed by atoms with Gasteiger partial charge in [0.1, 0.15) is 0 Å². The van der Waals surface area contributed by atoms with Crippen LogP contribution in [0.4, 0.5) is 0 Å². The second kappa shape index (κ2) is 7.53. The topological polar surface area (TPSA) is 81.2 Å². The quantitative estimate of drug-likeness (QED) is 0.725. The highest BCUT2D eigenvalue weighted by atomic mass is 16.5. The Balaban J connectivity index is 1.98. The van der Waals surface area contributed by atoms with Gasteiger partial charge in [0.15, 0.2) is 5.82 Å². The van der Waals surface area contributed by atoms with Crippen LogP contribution in [0, 0.1) is 18.3 Å². The predicted molar refractivity (Wildman–Crippen MR) is 75.6 cm³/mol. The number of benzene rings is 1. The minimum absolute atomic E-state index is 0.462. The van der Waals surface area contributed by atoms with Crippen molar-refractivity contribution in [3.63, 3.8) is 0 Å². The summed E-state index contributed by atoms with van der Waals surface area (Å²) < 4.78 is 15.5. The van der Waals surface area contributed by atoms with E-state index < -0.39 is 0 Å². The molecule has 6 nitrogen and oxygen atoms in total. The molecule has 0 atom stereocenters. The van der Waals surface area contributed by atoms with Crippen LogP contribution in [-0.4, -0.2) is 37.1 Å². The van der Waals surface area contributed by atoms with E-state index in [0.717, 1.165) is 11.1 Å². The van der Waals surface area contributed by atoms with Gasteiger partial charge in [0.25, 0.3) is 5.89 Å². The normalized spacial score (nSPS) is 10.5. The van der Waals surface area contributed by atoms with Gasteiger partial charge in [-0.25, -0.2) is 0 Å². The van der Waals surface area contributed by atoms with Crippen molar-refractivity contribution < 1.29 is 14.0 Å². The Morgan fingerprint density at radius 3 is 2.86 bits per heavy atom. The molecule has 1 aromatic carbocycles. The molecule has 0 N–H and O–H groups in total. The zero-order chi connectivity index (χ0) is 15.1. The summed E-state index contributed by atoms with van der Waals surface area (Å²) in [5, 5.41) is 12.8. The van der Waals surface area contributed by atoms with Crippen molar-refractivity contribution >= 4 is 0 Å². The Kier molecular flexibility index (Phi) is 5.43. The van der Waals surface area contributed by atoms with Crippen molar-refractivity contribution in [1.82, 2.24) is 10.1 Å². The van der Waals surface area contributed by atoms with E-state index in [4.69, 9.17) is 19.3 Å². The highest BCUT2D eigenvalue weighted by Crippen LogP contribution is 2.22. The third-order valence-electron chi connectivity index (χ3n) is 2.96. The van der Waals surface area contributed by atoms with Crippen LogP contribution in [0.3, 0.4) is 0 Å². The Bertz CT molecular complexity index is 631. The second-order valence-electron chi connectivity index (χ2n) is 4.51. The largest absolute Gasteiger partial charge is 0.382 e. The smallest absolute Gasteiger partial charge is 0.258 e. The van der Waals surface area contributed by atoms with E-state index in [-0.39, 0.29) is 0 Å². The second-order valence-corrected chi connectivity index (χ2v) is 4.51. The number of aryl methyl sites for hydroxylation is 1. The first kappa shape index (κ1) is 15.2. The molecule has 1 heterocycles. The lowest BCUT2D eigenvalue weighted by molar-refractivity contribution is 0.0714. The van der Waals surface area contributed by atoms with Gasteiger partial charge < -0.3 is 14.0 Å². The molecule has 0 bridgehead atoms. The van der Waals surface area contributed by atoms with Gasteiger partial charge in [-0.2, -0.15) is 10.2 Å². The molecule has 0 spiro atoms. The minimum Gasteiger partial charge on any atom is -0.382 e. The summed E-state index contributed by atoms with van der Waals surface area (Å²) in [6.45, 7) is 3.56. The Labute approximate surface area is 123 Å². The van der Waals surface area contributed by atoms with E-state index in [1.807, 2.05) is 13.0 Å². The first-order chi connectivity index (χ1) is 10.2. The molecule has 2 aromatic rings. The zero-order valence-corrected chi connectivity index (χ0v) is 12.1. The van der Waals surface area contributed by atoms with Crippen LogP contribution in [0.1, 0.15) is 17.0 Å². The molecule has 0 aliphatic carbocycles. The first-order valence-electron chi connectivity index (χ1n) is 6.65. The standard InChI is InChI=1S/C15H17N3O3/c1-11-9-12(10-16)3-4-13(11)15-17-14(18-21-15)5-6-20-8-7-19-2/h3-4,9H,5-8H2,1-2H3. The summed E-state index contributed by atoms with van der Waals surface area (Å²) in [5.41, 5.74) is 2.39. The molecule has 6 heteroatoms. The molecule has 110 valence electrons. The van der Waals surface area contributed by atoms with Crippen molar-refractivity contribution in [2.24, 2.45) is 0 Å². The van der Waals surface area contributed by atoms with Gasteiger partial charge >= 0.3 is 0 Å². The number of ether oxygens (including phenoxy) is 2. The van der Waals surface area contributed by atoms with Crippen LogP contribution in [-0.2, 0) is 15.9 Å².